The van der Waals surface area contributed by atoms with Crippen LogP contribution in [0, 0.1) is 23.2 Å². The van der Waals surface area contributed by atoms with Gasteiger partial charge >= 0.3 is 5.97 Å². The number of hydrogen-bond acceptors (Lipinski definition) is 3. The number of aliphatic carboxylic acids is 1. The molecule has 1 aromatic rings. The Bertz CT molecular complexity index is 855. The van der Waals surface area contributed by atoms with Gasteiger partial charge in [0.2, 0.25) is 0 Å². The van der Waals surface area contributed by atoms with Crippen LogP contribution < -0.4 is 0 Å². The molecule has 3 fully saturated rings. The zero-order valence-corrected chi connectivity index (χ0v) is 19.6. The van der Waals surface area contributed by atoms with E-state index in [4.69, 9.17) is 0 Å². The van der Waals surface area contributed by atoms with Gasteiger partial charge in [-0.2, -0.15) is 0 Å². The molecule has 5 rings (SSSR count). The van der Waals surface area contributed by atoms with Crippen LogP contribution in [0.2, 0.25) is 0 Å². The summed E-state index contributed by atoms with van der Waals surface area (Å²) in [5, 5.41) is 31.8. The molecule has 32 heavy (non-hydrogen) atoms. The molecule has 0 radical (unpaired) electrons. The van der Waals surface area contributed by atoms with Crippen molar-refractivity contribution in [2.45, 2.75) is 108 Å². The van der Waals surface area contributed by atoms with E-state index in [2.05, 4.69) is 6.92 Å². The molecule has 4 aliphatic rings. The van der Waals surface area contributed by atoms with Gasteiger partial charge in [-0.25, -0.2) is 0 Å². The lowest BCUT2D eigenvalue weighted by Gasteiger charge is -2.50. The van der Waals surface area contributed by atoms with Gasteiger partial charge in [0.1, 0.15) is 5.75 Å². The van der Waals surface area contributed by atoms with E-state index in [0.717, 1.165) is 69.8 Å². The maximum absolute atomic E-state index is 12.7. The monoisotopic (exact) mass is 440 g/mol. The molecule has 3 saturated carbocycles. The number of carbonyl (C=O) groups is 1. The molecule has 4 nitrogen and oxygen atoms in total. The number of aliphatic hydroxyl groups is 1. The first kappa shape index (κ1) is 22.3. The SMILES string of the molecule is C[C@]12CC[C@@H]3c4c(cc(O)cc4C(C(=O)O)C4CCCCCCC4)CC[C@H]3[C@@H]1CC[C@H]2O. The van der Waals surface area contributed by atoms with Crippen LogP contribution in [0.5, 0.6) is 5.75 Å². The lowest BCUT2D eigenvalue weighted by molar-refractivity contribution is -0.140. The number of benzene rings is 1. The summed E-state index contributed by atoms with van der Waals surface area (Å²) in [5.74, 6) is 0.558. The number of aromatic hydroxyl groups is 1. The first-order valence-corrected chi connectivity index (χ1v) is 13.2. The highest BCUT2D eigenvalue weighted by atomic mass is 16.4. The molecule has 1 aromatic carbocycles. The number of phenols is 1. The summed E-state index contributed by atoms with van der Waals surface area (Å²) in [6.45, 7) is 2.29. The molecule has 4 heteroatoms. The minimum atomic E-state index is -0.720. The van der Waals surface area contributed by atoms with Crippen LogP contribution in [-0.4, -0.2) is 27.4 Å². The van der Waals surface area contributed by atoms with Crippen molar-refractivity contribution >= 4 is 5.97 Å². The fourth-order valence-electron chi connectivity index (χ4n) is 8.39. The summed E-state index contributed by atoms with van der Waals surface area (Å²) < 4.78 is 0. The van der Waals surface area contributed by atoms with E-state index >= 15 is 0 Å². The molecular weight excluding hydrogens is 400 g/mol. The number of aliphatic hydroxyl groups excluding tert-OH is 1. The second-order valence-electron chi connectivity index (χ2n) is 11.6. The van der Waals surface area contributed by atoms with E-state index < -0.39 is 11.9 Å². The van der Waals surface area contributed by atoms with Gasteiger partial charge in [-0.1, -0.05) is 39.0 Å². The maximum atomic E-state index is 12.7. The number of carboxylic acids is 1. The highest BCUT2D eigenvalue weighted by molar-refractivity contribution is 5.78. The van der Waals surface area contributed by atoms with Gasteiger partial charge < -0.3 is 15.3 Å². The van der Waals surface area contributed by atoms with Gasteiger partial charge in [-0.3, -0.25) is 4.79 Å². The van der Waals surface area contributed by atoms with Gasteiger partial charge in [0.05, 0.1) is 12.0 Å². The van der Waals surface area contributed by atoms with Crippen molar-refractivity contribution in [1.29, 1.82) is 0 Å². The minimum Gasteiger partial charge on any atom is -0.508 e. The molecule has 0 saturated heterocycles. The first-order valence-electron chi connectivity index (χ1n) is 13.2. The second kappa shape index (κ2) is 8.66. The van der Waals surface area contributed by atoms with Crippen molar-refractivity contribution in [2.75, 3.05) is 0 Å². The quantitative estimate of drug-likeness (QED) is 0.528. The van der Waals surface area contributed by atoms with E-state index in [1.807, 2.05) is 6.07 Å². The fourth-order valence-corrected chi connectivity index (χ4v) is 8.39. The second-order valence-corrected chi connectivity index (χ2v) is 11.6. The number of hydrogen-bond donors (Lipinski definition) is 3. The molecule has 6 atom stereocenters. The van der Waals surface area contributed by atoms with Crippen molar-refractivity contribution < 1.29 is 20.1 Å². The number of rotatable bonds is 3. The number of aryl methyl sites for hydroxylation is 1. The fraction of sp³-hybridized carbons (Fsp3) is 0.750. The van der Waals surface area contributed by atoms with Crippen molar-refractivity contribution in [1.82, 2.24) is 0 Å². The zero-order valence-electron chi connectivity index (χ0n) is 19.6. The largest absolute Gasteiger partial charge is 0.508 e. The third-order valence-corrected chi connectivity index (χ3v) is 10.0. The normalized spacial score (nSPS) is 36.3. The van der Waals surface area contributed by atoms with Crippen LogP contribution in [0.4, 0.5) is 0 Å². The van der Waals surface area contributed by atoms with E-state index in [9.17, 15) is 20.1 Å². The Morgan fingerprint density at radius 3 is 2.44 bits per heavy atom. The summed E-state index contributed by atoms with van der Waals surface area (Å²) in [6, 6.07) is 3.71. The minimum absolute atomic E-state index is 0.0154. The Morgan fingerprint density at radius 2 is 1.72 bits per heavy atom. The molecule has 0 aliphatic heterocycles. The van der Waals surface area contributed by atoms with Crippen LogP contribution in [0.15, 0.2) is 12.1 Å². The number of phenolic OH excluding ortho intramolecular Hbond substituents is 1. The lowest BCUT2D eigenvalue weighted by Crippen LogP contribution is -2.44. The van der Waals surface area contributed by atoms with Gasteiger partial charge in [-0.05, 0) is 109 Å². The summed E-state index contributed by atoms with van der Waals surface area (Å²) in [6.07, 6.45) is 13.7. The Balaban J connectivity index is 1.55. The molecule has 0 aromatic heterocycles. The van der Waals surface area contributed by atoms with Crippen molar-refractivity contribution in [2.24, 2.45) is 23.2 Å². The summed E-state index contributed by atoms with van der Waals surface area (Å²) in [5.41, 5.74) is 3.37. The number of fused-ring (bicyclic) bond motifs is 5. The van der Waals surface area contributed by atoms with Crippen LogP contribution in [0.25, 0.3) is 0 Å². The zero-order chi connectivity index (χ0) is 22.5. The lowest BCUT2D eigenvalue weighted by atomic mass is 9.54. The first-order chi connectivity index (χ1) is 15.4. The van der Waals surface area contributed by atoms with Crippen molar-refractivity contribution in [3.8, 4) is 5.75 Å². The smallest absolute Gasteiger partial charge is 0.311 e. The topological polar surface area (TPSA) is 77.8 Å². The Morgan fingerprint density at radius 1 is 1.00 bits per heavy atom. The third kappa shape index (κ3) is 3.67. The predicted octanol–water partition coefficient (Wildman–Crippen LogP) is 6.14. The predicted molar refractivity (Wildman–Crippen MR) is 125 cm³/mol. The Kier molecular flexibility index (Phi) is 6.03. The van der Waals surface area contributed by atoms with E-state index in [1.165, 1.54) is 30.4 Å². The van der Waals surface area contributed by atoms with Crippen LogP contribution in [0.1, 0.15) is 112 Å². The summed E-state index contributed by atoms with van der Waals surface area (Å²) >= 11 is 0. The average Bonchev–Trinajstić information content (AvgIpc) is 3.03. The molecule has 0 heterocycles. The molecule has 0 amide bonds. The van der Waals surface area contributed by atoms with Crippen molar-refractivity contribution in [3.63, 3.8) is 0 Å². The molecule has 4 aliphatic carbocycles. The standard InChI is InChI=1S/C28H40O4/c1-28-14-13-21-20(23(28)11-12-24(28)30)10-9-18-15-19(29)16-22(25(18)21)26(27(31)32)17-7-5-3-2-4-6-8-17/h15-17,20-21,23-24,26,29-30H,2-14H2,1H3,(H,31,32)/t20-,21+,23+,24-,26?,28+/m1/s1. The molecule has 0 spiro atoms. The van der Waals surface area contributed by atoms with Crippen molar-refractivity contribution in [3.05, 3.63) is 28.8 Å². The molecule has 176 valence electrons. The summed E-state index contributed by atoms with van der Waals surface area (Å²) in [7, 11) is 0. The van der Waals surface area contributed by atoms with Crippen LogP contribution in [-0.2, 0) is 11.2 Å². The Labute approximate surface area is 192 Å². The molecule has 0 bridgehead atoms. The van der Waals surface area contributed by atoms with Gasteiger partial charge in [0, 0.05) is 0 Å². The van der Waals surface area contributed by atoms with Crippen LogP contribution >= 0.6 is 0 Å². The van der Waals surface area contributed by atoms with E-state index in [0.29, 0.717) is 17.8 Å². The van der Waals surface area contributed by atoms with Crippen LogP contribution in [0.3, 0.4) is 0 Å². The highest BCUT2D eigenvalue weighted by Gasteiger charge is 2.55. The maximum Gasteiger partial charge on any atom is 0.311 e. The van der Waals surface area contributed by atoms with Gasteiger partial charge in [-0.15, -0.1) is 0 Å². The molecular formula is C28H40O4. The van der Waals surface area contributed by atoms with Gasteiger partial charge in [0.25, 0.3) is 0 Å². The number of carboxylic acid groups (broad SMARTS) is 1. The summed E-state index contributed by atoms with van der Waals surface area (Å²) in [4.78, 5) is 12.7. The molecule has 3 N–H and O–H groups in total. The highest BCUT2D eigenvalue weighted by Crippen LogP contribution is 2.62. The van der Waals surface area contributed by atoms with E-state index in [-0.39, 0.29) is 23.2 Å². The Hall–Kier alpha value is -1.55. The third-order valence-electron chi connectivity index (χ3n) is 10.0. The van der Waals surface area contributed by atoms with E-state index in [1.54, 1.807) is 6.07 Å². The van der Waals surface area contributed by atoms with Gasteiger partial charge in [0.15, 0.2) is 0 Å². The average molecular weight is 441 g/mol. The molecule has 1 unspecified atom stereocenters.